The van der Waals surface area contributed by atoms with Gasteiger partial charge in [0.25, 0.3) is 5.91 Å². The fourth-order valence-electron chi connectivity index (χ4n) is 3.70. The highest BCUT2D eigenvalue weighted by molar-refractivity contribution is 7.80. The van der Waals surface area contributed by atoms with Crippen molar-refractivity contribution < 1.29 is 18.7 Å². The maximum atomic E-state index is 13.3. The number of methoxy groups -OCH3 is 1. The van der Waals surface area contributed by atoms with Gasteiger partial charge in [0.1, 0.15) is 29.6 Å². The first-order valence-corrected chi connectivity index (χ1v) is 11.4. The minimum Gasteiger partial charge on any atom is -0.496 e. The number of rotatable bonds is 7. The van der Waals surface area contributed by atoms with Crippen LogP contribution in [-0.4, -0.2) is 18.1 Å². The summed E-state index contributed by atoms with van der Waals surface area (Å²) in [5, 5.41) is 3.54. The van der Waals surface area contributed by atoms with Gasteiger partial charge in [0, 0.05) is 5.56 Å². The number of halogens is 2. The predicted octanol–water partition coefficient (Wildman–Crippen LogP) is 5.89. The third-order valence-corrected chi connectivity index (χ3v) is 5.96. The first-order valence-electron chi connectivity index (χ1n) is 10.6. The van der Waals surface area contributed by atoms with Crippen molar-refractivity contribution in [3.8, 4) is 11.5 Å². The Kier molecular flexibility index (Phi) is 7.14. The van der Waals surface area contributed by atoms with Gasteiger partial charge in [-0.15, -0.1) is 0 Å². The van der Waals surface area contributed by atoms with E-state index in [-0.39, 0.29) is 17.5 Å². The number of benzene rings is 3. The third kappa shape index (κ3) is 4.90. The van der Waals surface area contributed by atoms with Gasteiger partial charge in [-0.05, 0) is 72.2 Å². The number of ether oxygens (including phenoxy) is 2. The van der Waals surface area contributed by atoms with Crippen molar-refractivity contribution in [3.63, 3.8) is 0 Å². The Morgan fingerprint density at radius 1 is 1.09 bits per heavy atom. The molecule has 0 atom stereocenters. The summed E-state index contributed by atoms with van der Waals surface area (Å²) >= 11 is 11.5. The Bertz CT molecular complexity index is 1290. The molecule has 1 fully saturated rings. The Morgan fingerprint density at radius 3 is 2.59 bits per heavy atom. The van der Waals surface area contributed by atoms with Crippen LogP contribution in [0.5, 0.6) is 11.5 Å². The van der Waals surface area contributed by atoms with Crippen LogP contribution in [0, 0.1) is 5.82 Å². The summed E-state index contributed by atoms with van der Waals surface area (Å²) < 4.78 is 24.5. The number of amides is 1. The molecule has 8 heteroatoms. The smallest absolute Gasteiger partial charge is 0.281 e. The van der Waals surface area contributed by atoms with E-state index in [9.17, 15) is 9.18 Å². The highest BCUT2D eigenvalue weighted by atomic mass is 35.5. The zero-order valence-electron chi connectivity index (χ0n) is 18.6. The molecule has 0 saturated carbocycles. The van der Waals surface area contributed by atoms with E-state index < -0.39 is 5.82 Å². The molecule has 174 valence electrons. The minimum atomic E-state index is -0.439. The lowest BCUT2D eigenvalue weighted by Crippen LogP contribution is -2.31. The highest BCUT2D eigenvalue weighted by Crippen LogP contribution is 2.30. The van der Waals surface area contributed by atoms with Gasteiger partial charge in [-0.3, -0.25) is 9.69 Å². The average Bonchev–Trinajstić information content (AvgIpc) is 3.11. The predicted molar refractivity (Wildman–Crippen MR) is 136 cm³/mol. The van der Waals surface area contributed by atoms with Crippen molar-refractivity contribution in [2.24, 2.45) is 0 Å². The van der Waals surface area contributed by atoms with E-state index in [2.05, 4.69) is 5.32 Å². The lowest BCUT2D eigenvalue weighted by molar-refractivity contribution is -0.113. The zero-order valence-corrected chi connectivity index (χ0v) is 20.2. The molecule has 1 aliphatic rings. The number of hydrogen-bond acceptors (Lipinski definition) is 4. The lowest BCUT2D eigenvalue weighted by Gasteiger charge is -2.17. The van der Waals surface area contributed by atoms with Gasteiger partial charge in [-0.25, -0.2) is 4.39 Å². The normalized spacial score (nSPS) is 14.5. The van der Waals surface area contributed by atoms with Crippen LogP contribution < -0.4 is 19.7 Å². The van der Waals surface area contributed by atoms with Gasteiger partial charge in [0.15, 0.2) is 5.11 Å². The summed E-state index contributed by atoms with van der Waals surface area (Å²) in [5.74, 6) is 0.306. The molecule has 34 heavy (non-hydrogen) atoms. The summed E-state index contributed by atoms with van der Waals surface area (Å²) in [6.07, 6.45) is 2.51. The molecule has 1 aliphatic heterocycles. The molecule has 4 rings (SSSR count). The van der Waals surface area contributed by atoms with Crippen LogP contribution in [0.25, 0.3) is 6.08 Å². The van der Waals surface area contributed by atoms with Crippen molar-refractivity contribution in [2.75, 3.05) is 12.0 Å². The fraction of sp³-hybridized carbons (Fsp3) is 0.154. The van der Waals surface area contributed by atoms with Crippen LogP contribution >= 0.6 is 23.8 Å². The molecule has 3 aromatic rings. The molecule has 1 N–H and O–H groups in total. The zero-order chi connectivity index (χ0) is 24.2. The standard InChI is InChI=1S/C26H22ClFN2O3S/c1-3-17-6-4-5-7-22(17)30-25(31)21(29-26(30)34)13-16-8-10-23(32-2)18(12-16)15-33-24-11-9-19(28)14-20(24)27/h4-14H,3,15H2,1-2H3,(H,29,34)/b21-13+. The summed E-state index contributed by atoms with van der Waals surface area (Å²) in [4.78, 5) is 14.7. The minimum absolute atomic E-state index is 0.140. The molecular weight excluding hydrogens is 475 g/mol. The number of nitrogens with one attached hydrogen (secondary N) is 1. The Labute approximate surface area is 207 Å². The first kappa shape index (κ1) is 23.7. The topological polar surface area (TPSA) is 50.8 Å². The van der Waals surface area contributed by atoms with Crippen LogP contribution in [0.4, 0.5) is 10.1 Å². The monoisotopic (exact) mass is 496 g/mol. The van der Waals surface area contributed by atoms with Crippen LogP contribution in [0.2, 0.25) is 5.02 Å². The first-order chi connectivity index (χ1) is 16.4. The summed E-state index contributed by atoms with van der Waals surface area (Å²) in [7, 11) is 1.56. The van der Waals surface area contributed by atoms with Crippen molar-refractivity contribution in [2.45, 2.75) is 20.0 Å². The molecule has 5 nitrogen and oxygen atoms in total. The van der Waals surface area contributed by atoms with Crippen molar-refractivity contribution in [3.05, 3.63) is 93.9 Å². The number of aryl methyl sites for hydroxylation is 1. The molecule has 1 amide bonds. The molecule has 1 heterocycles. The molecule has 0 spiro atoms. The van der Waals surface area contributed by atoms with Crippen LogP contribution in [0.15, 0.2) is 66.4 Å². The van der Waals surface area contributed by atoms with Gasteiger partial charge >= 0.3 is 0 Å². The molecular formula is C26H22ClFN2O3S. The number of hydrogen-bond donors (Lipinski definition) is 1. The van der Waals surface area contributed by atoms with Crippen LogP contribution in [0.1, 0.15) is 23.6 Å². The molecule has 1 saturated heterocycles. The molecule has 0 aromatic heterocycles. The SMILES string of the molecule is CCc1ccccc1N1C(=O)/C(=C\c2ccc(OC)c(COc3ccc(F)cc3Cl)c2)NC1=S. The van der Waals surface area contributed by atoms with Gasteiger partial charge in [-0.1, -0.05) is 42.8 Å². The molecule has 0 unspecified atom stereocenters. The summed E-state index contributed by atoms with van der Waals surface area (Å²) in [6.45, 7) is 2.17. The Balaban J connectivity index is 1.59. The average molecular weight is 497 g/mol. The van der Waals surface area contributed by atoms with E-state index in [1.54, 1.807) is 19.3 Å². The van der Waals surface area contributed by atoms with Gasteiger partial charge in [0.05, 0.1) is 17.8 Å². The molecule has 0 radical (unpaired) electrons. The van der Waals surface area contributed by atoms with Crippen LogP contribution in [0.3, 0.4) is 0 Å². The number of thiocarbonyl (C=S) groups is 1. The van der Waals surface area contributed by atoms with Crippen LogP contribution in [-0.2, 0) is 17.8 Å². The van der Waals surface area contributed by atoms with Gasteiger partial charge < -0.3 is 14.8 Å². The molecule has 0 bridgehead atoms. The van der Waals surface area contributed by atoms with E-state index in [4.69, 9.17) is 33.3 Å². The number of para-hydroxylation sites is 1. The Hall–Kier alpha value is -3.42. The number of carbonyl (C=O) groups excluding carboxylic acids is 1. The largest absolute Gasteiger partial charge is 0.496 e. The van der Waals surface area contributed by atoms with E-state index in [0.717, 1.165) is 28.8 Å². The summed E-state index contributed by atoms with van der Waals surface area (Å²) in [6, 6.07) is 17.1. The second-order valence-corrected chi connectivity index (χ2v) is 8.34. The van der Waals surface area contributed by atoms with Crippen molar-refractivity contribution >= 4 is 46.6 Å². The number of anilines is 1. The number of nitrogens with zero attached hydrogens (tertiary/aromatic N) is 1. The second-order valence-electron chi connectivity index (χ2n) is 7.55. The van der Waals surface area contributed by atoms with E-state index in [1.165, 1.54) is 23.1 Å². The lowest BCUT2D eigenvalue weighted by atomic mass is 10.1. The van der Waals surface area contributed by atoms with E-state index in [0.29, 0.717) is 22.3 Å². The maximum absolute atomic E-state index is 13.3. The Morgan fingerprint density at radius 2 is 1.85 bits per heavy atom. The van der Waals surface area contributed by atoms with Crippen molar-refractivity contribution in [1.82, 2.24) is 5.32 Å². The third-order valence-electron chi connectivity index (χ3n) is 5.38. The molecule has 0 aliphatic carbocycles. The number of carbonyl (C=O) groups is 1. The van der Waals surface area contributed by atoms with E-state index >= 15 is 0 Å². The highest BCUT2D eigenvalue weighted by Gasteiger charge is 2.33. The van der Waals surface area contributed by atoms with Crippen molar-refractivity contribution in [1.29, 1.82) is 0 Å². The fourth-order valence-corrected chi connectivity index (χ4v) is 4.21. The maximum Gasteiger partial charge on any atom is 0.281 e. The molecule has 3 aromatic carbocycles. The van der Waals surface area contributed by atoms with Gasteiger partial charge in [-0.2, -0.15) is 0 Å². The summed E-state index contributed by atoms with van der Waals surface area (Å²) in [5.41, 5.74) is 3.67. The second kappa shape index (κ2) is 10.2. The van der Waals surface area contributed by atoms with E-state index in [1.807, 2.05) is 43.3 Å². The quantitative estimate of drug-likeness (QED) is 0.326. The van der Waals surface area contributed by atoms with Gasteiger partial charge in [0.2, 0.25) is 0 Å².